The van der Waals surface area contributed by atoms with Crippen LogP contribution in [0.1, 0.15) is 16.0 Å². The molecule has 0 aliphatic rings. The molecule has 0 unspecified atom stereocenters. The molecule has 2 nitrogen and oxygen atoms in total. The van der Waals surface area contributed by atoms with Crippen molar-refractivity contribution in [3.05, 3.63) is 38.8 Å². The maximum absolute atomic E-state index is 8.96. The predicted molar refractivity (Wildman–Crippen MR) is 75.5 cm³/mol. The largest absolute Gasteiger partial charge is 0.396 e. The van der Waals surface area contributed by atoms with Crippen molar-refractivity contribution < 1.29 is 5.11 Å². The van der Waals surface area contributed by atoms with Gasteiger partial charge in [0.05, 0.1) is 0 Å². The molecule has 0 saturated heterocycles. The number of aryl methyl sites for hydroxylation is 2. The van der Waals surface area contributed by atoms with Gasteiger partial charge < -0.3 is 5.11 Å². The summed E-state index contributed by atoms with van der Waals surface area (Å²) < 4.78 is 0.852. The molecule has 1 heterocycles. The Balaban J connectivity index is 2.39. The minimum Gasteiger partial charge on any atom is -0.396 e. The van der Waals surface area contributed by atoms with Gasteiger partial charge in [0.15, 0.2) is 0 Å². The van der Waals surface area contributed by atoms with Gasteiger partial charge in [0.1, 0.15) is 9.61 Å². The molecule has 2 aromatic rings. The average Bonchev–Trinajstić information content (AvgIpc) is 2.65. The molecule has 17 heavy (non-hydrogen) atoms. The minimum absolute atomic E-state index is 0.160. The van der Waals surface area contributed by atoms with Crippen molar-refractivity contribution >= 4 is 27.3 Å². The molecule has 4 heteroatoms. The average molecular weight is 312 g/mol. The van der Waals surface area contributed by atoms with Crippen molar-refractivity contribution in [1.82, 2.24) is 4.98 Å². The molecule has 0 saturated carbocycles. The maximum Gasteiger partial charge on any atom is 0.124 e. The van der Waals surface area contributed by atoms with Crippen LogP contribution in [0.25, 0.3) is 10.6 Å². The fourth-order valence-corrected chi connectivity index (χ4v) is 3.26. The zero-order chi connectivity index (χ0) is 12.4. The summed E-state index contributed by atoms with van der Waals surface area (Å²) in [7, 11) is 0. The van der Waals surface area contributed by atoms with E-state index in [1.165, 1.54) is 11.1 Å². The fraction of sp³-hybridized carbons (Fsp3) is 0.308. The van der Waals surface area contributed by atoms with Crippen molar-refractivity contribution in [2.75, 3.05) is 6.61 Å². The van der Waals surface area contributed by atoms with Crippen LogP contribution in [0.4, 0.5) is 0 Å². The third-order valence-corrected chi connectivity index (χ3v) is 4.82. The van der Waals surface area contributed by atoms with E-state index in [1.807, 2.05) is 0 Å². The van der Waals surface area contributed by atoms with Crippen molar-refractivity contribution in [2.24, 2.45) is 0 Å². The van der Waals surface area contributed by atoms with Crippen LogP contribution in [0.15, 0.2) is 22.8 Å². The topological polar surface area (TPSA) is 33.1 Å². The Morgan fingerprint density at radius 2 is 2.06 bits per heavy atom. The van der Waals surface area contributed by atoms with Crippen LogP contribution in [0.2, 0.25) is 0 Å². The lowest BCUT2D eigenvalue weighted by Gasteiger charge is -2.01. The number of rotatable bonds is 3. The Hall–Kier alpha value is -0.710. The van der Waals surface area contributed by atoms with Crippen LogP contribution in [0.5, 0.6) is 0 Å². The molecule has 1 aromatic heterocycles. The van der Waals surface area contributed by atoms with Crippen molar-refractivity contribution in [1.29, 1.82) is 0 Å². The Morgan fingerprint density at radius 3 is 2.71 bits per heavy atom. The molecule has 0 atom stereocenters. The normalized spacial score (nSPS) is 10.8. The summed E-state index contributed by atoms with van der Waals surface area (Å²) in [4.78, 5) is 5.59. The van der Waals surface area contributed by atoms with E-state index in [1.54, 1.807) is 11.3 Å². The number of hydrogen-bond donors (Lipinski definition) is 1. The Labute approximate surface area is 113 Å². The first kappa shape index (κ1) is 12.7. The number of halogens is 1. The number of benzene rings is 1. The SMILES string of the molecule is Cc1ccc(-c2nc(Br)c(CCO)s2)cc1C. The highest BCUT2D eigenvalue weighted by molar-refractivity contribution is 9.10. The number of aromatic nitrogens is 1. The van der Waals surface area contributed by atoms with Gasteiger partial charge in [-0.2, -0.15) is 0 Å². The zero-order valence-corrected chi connectivity index (χ0v) is 12.2. The summed E-state index contributed by atoms with van der Waals surface area (Å²) >= 11 is 5.07. The molecule has 0 amide bonds. The number of aliphatic hydroxyl groups excluding tert-OH is 1. The van der Waals surface area contributed by atoms with Gasteiger partial charge in [-0.15, -0.1) is 11.3 Å². The highest BCUT2D eigenvalue weighted by atomic mass is 79.9. The lowest BCUT2D eigenvalue weighted by molar-refractivity contribution is 0.300. The molecule has 0 aliphatic heterocycles. The van der Waals surface area contributed by atoms with Crippen molar-refractivity contribution in [2.45, 2.75) is 20.3 Å². The van der Waals surface area contributed by atoms with Gasteiger partial charge in [-0.3, -0.25) is 0 Å². The van der Waals surface area contributed by atoms with Crippen LogP contribution >= 0.6 is 27.3 Å². The minimum atomic E-state index is 0.160. The van der Waals surface area contributed by atoms with Gasteiger partial charge in [0.25, 0.3) is 0 Å². The maximum atomic E-state index is 8.96. The molecule has 90 valence electrons. The molecule has 0 fully saturated rings. The number of thiazole rings is 1. The summed E-state index contributed by atoms with van der Waals surface area (Å²) in [5.41, 5.74) is 3.71. The van der Waals surface area contributed by atoms with Crippen LogP contribution in [-0.2, 0) is 6.42 Å². The third-order valence-electron chi connectivity index (χ3n) is 2.74. The van der Waals surface area contributed by atoms with E-state index in [0.29, 0.717) is 6.42 Å². The Bertz CT molecular complexity index is 536. The summed E-state index contributed by atoms with van der Waals surface area (Å²) in [6.45, 7) is 4.37. The van der Waals surface area contributed by atoms with E-state index < -0.39 is 0 Å². The summed E-state index contributed by atoms with van der Waals surface area (Å²) in [5.74, 6) is 0. The number of aliphatic hydroxyl groups is 1. The molecule has 2 rings (SSSR count). The van der Waals surface area contributed by atoms with Gasteiger partial charge in [-0.25, -0.2) is 4.98 Å². The molecule has 0 bridgehead atoms. The highest BCUT2D eigenvalue weighted by Gasteiger charge is 2.10. The van der Waals surface area contributed by atoms with Gasteiger partial charge in [-0.1, -0.05) is 12.1 Å². The lowest BCUT2D eigenvalue weighted by Crippen LogP contribution is -1.86. The van der Waals surface area contributed by atoms with E-state index >= 15 is 0 Å². The molecule has 0 aliphatic carbocycles. The van der Waals surface area contributed by atoms with Crippen LogP contribution in [0.3, 0.4) is 0 Å². The lowest BCUT2D eigenvalue weighted by atomic mass is 10.1. The fourth-order valence-electron chi connectivity index (χ4n) is 1.59. The quantitative estimate of drug-likeness (QED) is 0.937. The van der Waals surface area contributed by atoms with Crippen LogP contribution in [-0.4, -0.2) is 16.7 Å². The van der Waals surface area contributed by atoms with E-state index in [2.05, 4.69) is 53.0 Å². The molecular formula is C13H14BrNOS. The summed E-state index contributed by atoms with van der Waals surface area (Å²) in [6.07, 6.45) is 0.656. The van der Waals surface area contributed by atoms with Crippen LogP contribution in [0, 0.1) is 13.8 Å². The van der Waals surface area contributed by atoms with E-state index in [4.69, 9.17) is 5.11 Å². The van der Waals surface area contributed by atoms with Crippen molar-refractivity contribution in [3.8, 4) is 10.6 Å². The van der Waals surface area contributed by atoms with Crippen molar-refractivity contribution in [3.63, 3.8) is 0 Å². The van der Waals surface area contributed by atoms with E-state index in [-0.39, 0.29) is 6.61 Å². The third kappa shape index (κ3) is 2.76. The second-order valence-electron chi connectivity index (χ2n) is 4.01. The van der Waals surface area contributed by atoms with Crippen LogP contribution < -0.4 is 0 Å². The van der Waals surface area contributed by atoms with Gasteiger partial charge in [0, 0.05) is 23.5 Å². The Kier molecular flexibility index (Phi) is 3.97. The molecule has 1 N–H and O–H groups in total. The molecule has 0 radical (unpaired) electrons. The first-order valence-electron chi connectivity index (χ1n) is 5.45. The number of hydrogen-bond acceptors (Lipinski definition) is 3. The summed E-state index contributed by atoms with van der Waals surface area (Å²) in [6, 6.07) is 6.37. The van der Waals surface area contributed by atoms with Gasteiger partial charge in [0.2, 0.25) is 0 Å². The van der Waals surface area contributed by atoms with E-state index in [0.717, 1.165) is 20.1 Å². The first-order valence-corrected chi connectivity index (χ1v) is 7.06. The second-order valence-corrected chi connectivity index (χ2v) is 5.84. The predicted octanol–water partition coefficient (Wildman–Crippen LogP) is 3.72. The first-order chi connectivity index (χ1) is 8.11. The Morgan fingerprint density at radius 1 is 1.29 bits per heavy atom. The van der Waals surface area contributed by atoms with Gasteiger partial charge >= 0.3 is 0 Å². The molecule has 0 spiro atoms. The highest BCUT2D eigenvalue weighted by Crippen LogP contribution is 2.32. The molecule has 1 aromatic carbocycles. The zero-order valence-electron chi connectivity index (χ0n) is 9.83. The monoisotopic (exact) mass is 311 g/mol. The van der Waals surface area contributed by atoms with Gasteiger partial charge in [-0.05, 0) is 47.0 Å². The standard InChI is InChI=1S/C13H14BrNOS/c1-8-3-4-10(7-9(8)2)13-15-12(14)11(17-13)5-6-16/h3-4,7,16H,5-6H2,1-2H3. The molecular weight excluding hydrogens is 298 g/mol. The second kappa shape index (κ2) is 5.29. The smallest absolute Gasteiger partial charge is 0.124 e. The summed E-state index contributed by atoms with van der Waals surface area (Å²) in [5, 5.41) is 9.97. The van der Waals surface area contributed by atoms with E-state index in [9.17, 15) is 0 Å². The number of nitrogens with zero attached hydrogens (tertiary/aromatic N) is 1.